The minimum atomic E-state index is 0.533. The van der Waals surface area contributed by atoms with Crippen LogP contribution in [0.1, 0.15) is 45.6 Å². The number of hydrogen-bond donors (Lipinski definition) is 1. The van der Waals surface area contributed by atoms with Crippen molar-refractivity contribution >= 4 is 0 Å². The smallest absolute Gasteiger partial charge is 0.161 e. The summed E-state index contributed by atoms with van der Waals surface area (Å²) >= 11 is 0. The highest BCUT2D eigenvalue weighted by Crippen LogP contribution is 2.29. The molecule has 0 radical (unpaired) electrons. The van der Waals surface area contributed by atoms with Crippen LogP contribution < -0.4 is 14.8 Å². The molecule has 0 bridgehead atoms. The molecule has 0 aromatic heterocycles. The average molecular weight is 279 g/mol. The van der Waals surface area contributed by atoms with Crippen molar-refractivity contribution in [1.82, 2.24) is 5.32 Å². The van der Waals surface area contributed by atoms with Crippen LogP contribution in [-0.2, 0) is 6.42 Å². The fourth-order valence-electron chi connectivity index (χ4n) is 1.95. The minimum absolute atomic E-state index is 0.533. The molecule has 114 valence electrons. The van der Waals surface area contributed by atoms with Crippen molar-refractivity contribution in [3.8, 4) is 11.5 Å². The SMILES string of the molecule is CCCCOc1ccc(CCC(C)NC)cc1OCC. The molecule has 1 N–H and O–H groups in total. The Morgan fingerprint density at radius 3 is 2.60 bits per heavy atom. The maximum atomic E-state index is 5.79. The van der Waals surface area contributed by atoms with Gasteiger partial charge < -0.3 is 14.8 Å². The van der Waals surface area contributed by atoms with Crippen molar-refractivity contribution in [3.05, 3.63) is 23.8 Å². The number of nitrogens with one attached hydrogen (secondary N) is 1. The predicted octanol–water partition coefficient (Wildman–Crippen LogP) is 3.80. The van der Waals surface area contributed by atoms with E-state index < -0.39 is 0 Å². The molecule has 0 saturated carbocycles. The van der Waals surface area contributed by atoms with E-state index in [4.69, 9.17) is 9.47 Å². The van der Waals surface area contributed by atoms with Gasteiger partial charge >= 0.3 is 0 Å². The third kappa shape index (κ3) is 5.83. The van der Waals surface area contributed by atoms with E-state index in [9.17, 15) is 0 Å². The van der Waals surface area contributed by atoms with E-state index in [-0.39, 0.29) is 0 Å². The minimum Gasteiger partial charge on any atom is -0.490 e. The van der Waals surface area contributed by atoms with Crippen LogP contribution in [0.5, 0.6) is 11.5 Å². The van der Waals surface area contributed by atoms with E-state index in [1.165, 1.54) is 5.56 Å². The second kappa shape index (κ2) is 9.65. The van der Waals surface area contributed by atoms with Crippen molar-refractivity contribution < 1.29 is 9.47 Å². The summed E-state index contributed by atoms with van der Waals surface area (Å²) < 4.78 is 11.5. The fourth-order valence-corrected chi connectivity index (χ4v) is 1.95. The van der Waals surface area contributed by atoms with Gasteiger partial charge in [-0.2, -0.15) is 0 Å². The second-order valence-corrected chi connectivity index (χ2v) is 5.14. The van der Waals surface area contributed by atoms with Gasteiger partial charge in [-0.3, -0.25) is 0 Å². The summed E-state index contributed by atoms with van der Waals surface area (Å²) in [4.78, 5) is 0. The molecule has 0 amide bonds. The van der Waals surface area contributed by atoms with Crippen LogP contribution in [0, 0.1) is 0 Å². The number of rotatable bonds is 10. The zero-order chi connectivity index (χ0) is 14.8. The number of hydrogen-bond acceptors (Lipinski definition) is 3. The van der Waals surface area contributed by atoms with E-state index in [1.807, 2.05) is 20.0 Å². The van der Waals surface area contributed by atoms with Crippen molar-refractivity contribution in [2.75, 3.05) is 20.3 Å². The molecule has 20 heavy (non-hydrogen) atoms. The van der Waals surface area contributed by atoms with Gasteiger partial charge in [0.05, 0.1) is 13.2 Å². The first-order valence-corrected chi connectivity index (χ1v) is 7.77. The molecular formula is C17H29NO2. The maximum Gasteiger partial charge on any atom is 0.161 e. The van der Waals surface area contributed by atoms with Gasteiger partial charge in [-0.1, -0.05) is 19.4 Å². The van der Waals surface area contributed by atoms with E-state index in [2.05, 4.69) is 31.3 Å². The van der Waals surface area contributed by atoms with Gasteiger partial charge in [-0.25, -0.2) is 0 Å². The summed E-state index contributed by atoms with van der Waals surface area (Å²) in [5.74, 6) is 1.74. The normalized spacial score (nSPS) is 12.2. The lowest BCUT2D eigenvalue weighted by atomic mass is 10.1. The summed E-state index contributed by atoms with van der Waals surface area (Å²) in [7, 11) is 2.00. The Morgan fingerprint density at radius 1 is 1.15 bits per heavy atom. The molecule has 0 heterocycles. The van der Waals surface area contributed by atoms with Gasteiger partial charge in [-0.05, 0) is 57.9 Å². The predicted molar refractivity (Wildman–Crippen MR) is 84.9 cm³/mol. The van der Waals surface area contributed by atoms with Crippen molar-refractivity contribution in [2.24, 2.45) is 0 Å². The number of ether oxygens (including phenoxy) is 2. The molecule has 0 fully saturated rings. The van der Waals surface area contributed by atoms with E-state index in [0.29, 0.717) is 12.6 Å². The van der Waals surface area contributed by atoms with Crippen LogP contribution >= 0.6 is 0 Å². The molecule has 0 saturated heterocycles. The topological polar surface area (TPSA) is 30.5 Å². The third-order valence-electron chi connectivity index (χ3n) is 3.42. The zero-order valence-electron chi connectivity index (χ0n) is 13.4. The molecule has 0 aliphatic carbocycles. The van der Waals surface area contributed by atoms with Crippen molar-refractivity contribution in [3.63, 3.8) is 0 Å². The molecule has 0 aliphatic heterocycles. The van der Waals surface area contributed by atoms with Gasteiger partial charge in [0.1, 0.15) is 0 Å². The van der Waals surface area contributed by atoms with Gasteiger partial charge in [0.25, 0.3) is 0 Å². The van der Waals surface area contributed by atoms with Crippen molar-refractivity contribution in [2.45, 2.75) is 52.5 Å². The molecule has 1 aromatic carbocycles. The molecular weight excluding hydrogens is 250 g/mol. The highest BCUT2D eigenvalue weighted by Gasteiger charge is 2.07. The van der Waals surface area contributed by atoms with Gasteiger partial charge in [0.2, 0.25) is 0 Å². The Bertz CT molecular complexity index is 379. The Morgan fingerprint density at radius 2 is 1.95 bits per heavy atom. The first-order valence-electron chi connectivity index (χ1n) is 7.77. The van der Waals surface area contributed by atoms with Gasteiger partial charge in [0, 0.05) is 6.04 Å². The first-order chi connectivity index (χ1) is 9.71. The molecule has 3 nitrogen and oxygen atoms in total. The zero-order valence-corrected chi connectivity index (χ0v) is 13.4. The van der Waals surface area contributed by atoms with Crippen LogP contribution in [0.3, 0.4) is 0 Å². The first kappa shape index (κ1) is 16.8. The summed E-state index contributed by atoms with van der Waals surface area (Å²) in [5.41, 5.74) is 1.30. The van der Waals surface area contributed by atoms with Crippen molar-refractivity contribution in [1.29, 1.82) is 0 Å². The Balaban J connectivity index is 2.67. The number of benzene rings is 1. The Labute approximate surface area is 123 Å². The van der Waals surface area contributed by atoms with E-state index in [0.717, 1.165) is 43.8 Å². The quantitative estimate of drug-likeness (QED) is 0.661. The lowest BCUT2D eigenvalue weighted by molar-refractivity contribution is 0.272. The third-order valence-corrected chi connectivity index (χ3v) is 3.42. The summed E-state index contributed by atoms with van der Waals surface area (Å²) in [6.45, 7) is 7.79. The van der Waals surface area contributed by atoms with Crippen LogP contribution in [0.2, 0.25) is 0 Å². The fraction of sp³-hybridized carbons (Fsp3) is 0.647. The highest BCUT2D eigenvalue weighted by atomic mass is 16.5. The Hall–Kier alpha value is -1.22. The molecule has 1 aromatic rings. The summed E-state index contributed by atoms with van der Waals surface area (Å²) in [6.07, 6.45) is 4.40. The molecule has 1 rings (SSSR count). The average Bonchev–Trinajstić information content (AvgIpc) is 2.47. The lowest BCUT2D eigenvalue weighted by Gasteiger charge is -2.14. The molecule has 1 atom stereocenters. The second-order valence-electron chi connectivity index (χ2n) is 5.14. The number of unbranched alkanes of at least 4 members (excludes halogenated alkanes) is 1. The van der Waals surface area contributed by atoms with Crippen LogP contribution in [0.25, 0.3) is 0 Å². The molecule has 0 spiro atoms. The largest absolute Gasteiger partial charge is 0.490 e. The summed E-state index contributed by atoms with van der Waals surface area (Å²) in [6, 6.07) is 6.84. The van der Waals surface area contributed by atoms with Gasteiger partial charge in [0.15, 0.2) is 11.5 Å². The highest BCUT2D eigenvalue weighted by molar-refractivity contribution is 5.43. The monoisotopic (exact) mass is 279 g/mol. The molecule has 0 aliphatic rings. The van der Waals surface area contributed by atoms with E-state index >= 15 is 0 Å². The van der Waals surface area contributed by atoms with Crippen LogP contribution in [-0.4, -0.2) is 26.3 Å². The number of aryl methyl sites for hydroxylation is 1. The van der Waals surface area contributed by atoms with E-state index in [1.54, 1.807) is 0 Å². The lowest BCUT2D eigenvalue weighted by Crippen LogP contribution is -2.21. The Kier molecular flexibility index (Phi) is 8.12. The molecule has 3 heteroatoms. The van der Waals surface area contributed by atoms with Crippen LogP contribution in [0.4, 0.5) is 0 Å². The molecule has 1 unspecified atom stereocenters. The summed E-state index contributed by atoms with van der Waals surface area (Å²) in [5, 5.41) is 3.26. The maximum absolute atomic E-state index is 5.79. The van der Waals surface area contributed by atoms with Crippen LogP contribution in [0.15, 0.2) is 18.2 Å². The van der Waals surface area contributed by atoms with Gasteiger partial charge in [-0.15, -0.1) is 0 Å². The standard InChI is InChI=1S/C17H29NO2/c1-5-7-12-20-16-11-10-15(9-8-14(3)18-4)13-17(16)19-6-2/h10-11,13-14,18H,5-9,12H2,1-4H3.